The van der Waals surface area contributed by atoms with Crippen LogP contribution in [0, 0.1) is 5.92 Å². The van der Waals surface area contributed by atoms with E-state index in [2.05, 4.69) is 32.2 Å². The van der Waals surface area contributed by atoms with Crippen molar-refractivity contribution in [2.75, 3.05) is 56.2 Å². The van der Waals surface area contributed by atoms with Gasteiger partial charge < -0.3 is 15.0 Å². The van der Waals surface area contributed by atoms with Crippen LogP contribution in [-0.4, -0.2) is 55.8 Å². The van der Waals surface area contributed by atoms with E-state index in [4.69, 9.17) is 4.74 Å². The topological polar surface area (TPSA) is 40.6 Å². The number of anilines is 2. The quantitative estimate of drug-likeness (QED) is 0.736. The normalized spacial score (nSPS) is 18.9. The largest absolute Gasteiger partial charge is 0.416 e. The van der Waals surface area contributed by atoms with Crippen LogP contribution in [0.2, 0.25) is 0 Å². The molecule has 1 aromatic carbocycles. The van der Waals surface area contributed by atoms with E-state index in [-0.39, 0.29) is 0 Å². The molecule has 168 valence electrons. The van der Waals surface area contributed by atoms with Crippen LogP contribution < -0.4 is 10.2 Å². The monoisotopic (exact) mass is 434 g/mol. The highest BCUT2D eigenvalue weighted by atomic mass is 19.4. The molecule has 0 bridgehead atoms. The fraction of sp³-hybridized carbons (Fsp3) is 0.522. The van der Waals surface area contributed by atoms with E-state index in [0.29, 0.717) is 12.5 Å². The molecule has 1 aromatic heterocycles. The van der Waals surface area contributed by atoms with Crippen LogP contribution in [0.25, 0.3) is 0 Å². The zero-order valence-corrected chi connectivity index (χ0v) is 17.6. The lowest BCUT2D eigenvalue weighted by molar-refractivity contribution is -0.137. The summed E-state index contributed by atoms with van der Waals surface area (Å²) in [6, 6.07) is 9.65. The summed E-state index contributed by atoms with van der Waals surface area (Å²) < 4.78 is 43.5. The maximum Gasteiger partial charge on any atom is 0.416 e. The average Bonchev–Trinajstić information content (AvgIpc) is 2.79. The minimum Gasteiger partial charge on any atom is -0.384 e. The number of halogens is 3. The van der Waals surface area contributed by atoms with Crippen molar-refractivity contribution in [3.05, 3.63) is 53.7 Å². The third-order valence-electron chi connectivity index (χ3n) is 6.07. The number of hydrogen-bond donors (Lipinski definition) is 1. The van der Waals surface area contributed by atoms with Crippen molar-refractivity contribution in [3.8, 4) is 0 Å². The lowest BCUT2D eigenvalue weighted by Gasteiger charge is -2.32. The Hall–Kier alpha value is -2.32. The van der Waals surface area contributed by atoms with Gasteiger partial charge in [-0.05, 0) is 61.7 Å². The predicted molar refractivity (Wildman–Crippen MR) is 115 cm³/mol. The van der Waals surface area contributed by atoms with Gasteiger partial charge in [0.1, 0.15) is 5.82 Å². The Morgan fingerprint density at radius 1 is 0.968 bits per heavy atom. The summed E-state index contributed by atoms with van der Waals surface area (Å²) in [7, 11) is 0. The number of nitrogens with one attached hydrogen (secondary N) is 1. The van der Waals surface area contributed by atoms with Gasteiger partial charge in [0.05, 0.1) is 30.7 Å². The maximum atomic E-state index is 12.7. The number of benzene rings is 1. The highest BCUT2D eigenvalue weighted by Crippen LogP contribution is 2.29. The molecule has 0 radical (unpaired) electrons. The zero-order valence-electron chi connectivity index (χ0n) is 17.6. The zero-order chi connectivity index (χ0) is 21.7. The predicted octanol–water partition coefficient (Wildman–Crippen LogP) is 4.26. The molecule has 2 saturated heterocycles. The fourth-order valence-electron chi connectivity index (χ4n) is 4.14. The van der Waals surface area contributed by atoms with Crippen LogP contribution in [-0.2, 0) is 17.5 Å². The molecule has 0 unspecified atom stereocenters. The van der Waals surface area contributed by atoms with E-state index in [9.17, 15) is 13.2 Å². The van der Waals surface area contributed by atoms with Gasteiger partial charge in [-0.25, -0.2) is 4.98 Å². The Bertz CT molecular complexity index is 812. The van der Waals surface area contributed by atoms with Crippen molar-refractivity contribution in [2.45, 2.75) is 25.6 Å². The van der Waals surface area contributed by atoms with E-state index in [1.54, 1.807) is 12.1 Å². The Kier molecular flexibility index (Phi) is 6.97. The van der Waals surface area contributed by atoms with Gasteiger partial charge in [-0.1, -0.05) is 12.1 Å². The third-order valence-corrected chi connectivity index (χ3v) is 6.07. The molecule has 4 rings (SSSR count). The minimum absolute atomic E-state index is 0.586. The third kappa shape index (κ3) is 6.11. The Morgan fingerprint density at radius 3 is 2.29 bits per heavy atom. The summed E-state index contributed by atoms with van der Waals surface area (Å²) >= 11 is 0. The molecule has 31 heavy (non-hydrogen) atoms. The van der Waals surface area contributed by atoms with Crippen LogP contribution >= 0.6 is 0 Å². The summed E-state index contributed by atoms with van der Waals surface area (Å²) in [5.41, 5.74) is 1.37. The van der Waals surface area contributed by atoms with Crippen molar-refractivity contribution in [2.24, 2.45) is 5.92 Å². The van der Waals surface area contributed by atoms with E-state index < -0.39 is 11.7 Å². The van der Waals surface area contributed by atoms with Gasteiger partial charge in [0.2, 0.25) is 0 Å². The molecule has 3 heterocycles. The molecular weight excluding hydrogens is 405 g/mol. The van der Waals surface area contributed by atoms with Gasteiger partial charge in [0.25, 0.3) is 0 Å². The van der Waals surface area contributed by atoms with Crippen LogP contribution in [0.1, 0.15) is 24.0 Å². The number of ether oxygens (including phenoxy) is 1. The number of piperidine rings is 1. The second-order valence-electron chi connectivity index (χ2n) is 8.30. The minimum atomic E-state index is -4.28. The van der Waals surface area contributed by atoms with Gasteiger partial charge in [0.15, 0.2) is 0 Å². The van der Waals surface area contributed by atoms with Crippen LogP contribution in [0.5, 0.6) is 0 Å². The number of aromatic nitrogens is 1. The molecule has 0 spiro atoms. The molecule has 0 atom stereocenters. The molecule has 0 amide bonds. The van der Waals surface area contributed by atoms with Gasteiger partial charge in [0, 0.05) is 26.2 Å². The number of likely N-dealkylation sites (tertiary alicyclic amines) is 1. The van der Waals surface area contributed by atoms with E-state index in [0.717, 1.165) is 75.8 Å². The first-order chi connectivity index (χ1) is 15.0. The summed E-state index contributed by atoms with van der Waals surface area (Å²) in [6.07, 6.45) is -0.230. The van der Waals surface area contributed by atoms with E-state index >= 15 is 0 Å². The van der Waals surface area contributed by atoms with Gasteiger partial charge in [-0.3, -0.25) is 4.90 Å². The molecule has 5 nitrogen and oxygen atoms in total. The Balaban J connectivity index is 1.19. The van der Waals surface area contributed by atoms with Crippen LogP contribution in [0.15, 0.2) is 42.6 Å². The standard InChI is InChI=1S/C23H29F3N4O/c24-23(25,26)20-3-1-19(2-4-20)17-29-9-7-18(8-10-29)15-27-21-5-6-22(28-16-21)30-11-13-31-14-12-30/h1-6,16,18,27H,7-15,17H2. The number of morpholine rings is 1. The van der Waals surface area contributed by atoms with Crippen LogP contribution in [0.3, 0.4) is 0 Å². The first kappa shape index (κ1) is 21.9. The fourth-order valence-corrected chi connectivity index (χ4v) is 4.14. The molecule has 0 saturated carbocycles. The number of pyridine rings is 1. The van der Waals surface area contributed by atoms with Crippen molar-refractivity contribution in [1.82, 2.24) is 9.88 Å². The summed E-state index contributed by atoms with van der Waals surface area (Å²) in [4.78, 5) is 9.13. The molecule has 1 N–H and O–H groups in total. The van der Waals surface area contributed by atoms with Gasteiger partial charge in [-0.2, -0.15) is 13.2 Å². The van der Waals surface area contributed by atoms with Crippen molar-refractivity contribution < 1.29 is 17.9 Å². The second-order valence-corrected chi connectivity index (χ2v) is 8.30. The second kappa shape index (κ2) is 9.87. The van der Waals surface area contributed by atoms with E-state index in [1.807, 2.05) is 6.20 Å². The highest BCUT2D eigenvalue weighted by Gasteiger charge is 2.30. The summed E-state index contributed by atoms with van der Waals surface area (Å²) in [5.74, 6) is 1.58. The van der Waals surface area contributed by atoms with Gasteiger partial charge in [-0.15, -0.1) is 0 Å². The summed E-state index contributed by atoms with van der Waals surface area (Å²) in [6.45, 7) is 6.79. The summed E-state index contributed by atoms with van der Waals surface area (Å²) in [5, 5.41) is 3.50. The number of hydrogen-bond acceptors (Lipinski definition) is 5. The molecule has 0 aliphatic carbocycles. The maximum absolute atomic E-state index is 12.7. The SMILES string of the molecule is FC(F)(F)c1ccc(CN2CCC(CNc3ccc(N4CCOCC4)nc3)CC2)cc1. The molecule has 2 aliphatic rings. The van der Waals surface area contributed by atoms with Crippen molar-refractivity contribution >= 4 is 11.5 Å². The highest BCUT2D eigenvalue weighted by molar-refractivity contribution is 5.48. The molecule has 2 fully saturated rings. The molecule has 8 heteroatoms. The lowest BCUT2D eigenvalue weighted by atomic mass is 9.96. The van der Waals surface area contributed by atoms with Crippen molar-refractivity contribution in [3.63, 3.8) is 0 Å². The molecular formula is C23H29F3N4O. The first-order valence-corrected chi connectivity index (χ1v) is 10.9. The molecule has 2 aromatic rings. The van der Waals surface area contributed by atoms with E-state index in [1.165, 1.54) is 12.1 Å². The first-order valence-electron chi connectivity index (χ1n) is 10.9. The number of alkyl halides is 3. The smallest absolute Gasteiger partial charge is 0.384 e. The Labute approximate surface area is 181 Å². The van der Waals surface area contributed by atoms with Crippen LogP contribution in [0.4, 0.5) is 24.7 Å². The molecule has 2 aliphatic heterocycles. The number of nitrogens with zero attached hydrogens (tertiary/aromatic N) is 3. The van der Waals surface area contributed by atoms with Crippen molar-refractivity contribution in [1.29, 1.82) is 0 Å². The lowest BCUT2D eigenvalue weighted by Crippen LogP contribution is -2.36. The Morgan fingerprint density at radius 2 is 1.68 bits per heavy atom. The van der Waals surface area contributed by atoms with Gasteiger partial charge >= 0.3 is 6.18 Å². The average molecular weight is 435 g/mol. The number of rotatable bonds is 6.